The molecule has 100 valence electrons. The molecular weight excluding hydrogens is 324 g/mol. The zero-order chi connectivity index (χ0) is 13.5. The summed E-state index contributed by atoms with van der Waals surface area (Å²) in [4.78, 5) is 0. The first kappa shape index (κ1) is 14.6. The summed E-state index contributed by atoms with van der Waals surface area (Å²) in [7, 11) is 0. The quantitative estimate of drug-likeness (QED) is 0.670. The fourth-order valence-corrected chi connectivity index (χ4v) is 2.54. The van der Waals surface area contributed by atoms with Gasteiger partial charge in [0.25, 0.3) is 0 Å². The Kier molecular flexibility index (Phi) is 5.90. The molecular formula is C16H16BrClO. The highest BCUT2D eigenvalue weighted by Gasteiger charge is 2.09. The van der Waals surface area contributed by atoms with Crippen LogP contribution in [0.25, 0.3) is 0 Å². The van der Waals surface area contributed by atoms with Crippen molar-refractivity contribution in [1.82, 2.24) is 0 Å². The maximum absolute atomic E-state index is 5.85. The lowest BCUT2D eigenvalue weighted by atomic mass is 10.0. The number of rotatable bonds is 6. The van der Waals surface area contributed by atoms with Crippen LogP contribution in [0.5, 0.6) is 0 Å². The number of halogens is 2. The van der Waals surface area contributed by atoms with Gasteiger partial charge in [-0.25, -0.2) is 0 Å². The highest BCUT2D eigenvalue weighted by Crippen LogP contribution is 2.19. The Labute approximate surface area is 127 Å². The van der Waals surface area contributed by atoms with E-state index in [2.05, 4.69) is 40.2 Å². The minimum absolute atomic E-state index is 0.383. The van der Waals surface area contributed by atoms with E-state index < -0.39 is 0 Å². The van der Waals surface area contributed by atoms with E-state index >= 15 is 0 Å². The van der Waals surface area contributed by atoms with E-state index in [-0.39, 0.29) is 0 Å². The topological polar surface area (TPSA) is 9.23 Å². The summed E-state index contributed by atoms with van der Waals surface area (Å²) in [5.74, 6) is 0.383. The second kappa shape index (κ2) is 7.68. The highest BCUT2D eigenvalue weighted by atomic mass is 79.9. The van der Waals surface area contributed by atoms with Crippen molar-refractivity contribution >= 4 is 27.5 Å². The number of benzene rings is 2. The van der Waals surface area contributed by atoms with Crippen LogP contribution >= 0.6 is 27.5 Å². The number of alkyl halides is 1. The molecule has 0 saturated heterocycles. The van der Waals surface area contributed by atoms with Gasteiger partial charge in [-0.3, -0.25) is 0 Å². The van der Waals surface area contributed by atoms with E-state index in [0.717, 1.165) is 15.9 Å². The van der Waals surface area contributed by atoms with Crippen molar-refractivity contribution in [2.45, 2.75) is 12.5 Å². The van der Waals surface area contributed by atoms with E-state index in [1.807, 2.05) is 30.3 Å². The van der Waals surface area contributed by atoms with Gasteiger partial charge < -0.3 is 4.74 Å². The minimum Gasteiger partial charge on any atom is -0.376 e. The first-order valence-corrected chi connectivity index (χ1v) is 7.72. The average molecular weight is 340 g/mol. The van der Waals surface area contributed by atoms with Gasteiger partial charge in [0.05, 0.1) is 13.2 Å². The standard InChI is InChI=1S/C16H16BrClO/c17-10-15(14-4-2-1-3-5-14)12-19-11-13-6-8-16(18)9-7-13/h1-9,15H,10-12H2. The van der Waals surface area contributed by atoms with Crippen molar-refractivity contribution in [2.24, 2.45) is 0 Å². The average Bonchev–Trinajstić information content (AvgIpc) is 2.46. The molecule has 0 aliphatic carbocycles. The minimum atomic E-state index is 0.383. The summed E-state index contributed by atoms with van der Waals surface area (Å²) in [5.41, 5.74) is 2.45. The van der Waals surface area contributed by atoms with Gasteiger partial charge in [-0.1, -0.05) is 70.0 Å². The fourth-order valence-electron chi connectivity index (χ4n) is 1.85. The van der Waals surface area contributed by atoms with Gasteiger partial charge in [0.15, 0.2) is 0 Å². The zero-order valence-corrected chi connectivity index (χ0v) is 12.9. The first-order valence-electron chi connectivity index (χ1n) is 6.22. The second-order valence-corrected chi connectivity index (χ2v) is 5.49. The first-order chi connectivity index (χ1) is 9.29. The van der Waals surface area contributed by atoms with Crippen molar-refractivity contribution in [2.75, 3.05) is 11.9 Å². The van der Waals surface area contributed by atoms with Gasteiger partial charge in [-0.15, -0.1) is 0 Å². The summed E-state index contributed by atoms with van der Waals surface area (Å²) in [6.07, 6.45) is 0. The molecule has 2 aromatic carbocycles. The van der Waals surface area contributed by atoms with Gasteiger partial charge in [0.1, 0.15) is 0 Å². The predicted molar refractivity (Wildman–Crippen MR) is 84.1 cm³/mol. The van der Waals surface area contributed by atoms with Crippen LogP contribution in [0.15, 0.2) is 54.6 Å². The third kappa shape index (κ3) is 4.64. The van der Waals surface area contributed by atoms with Crippen molar-refractivity contribution in [3.8, 4) is 0 Å². The summed E-state index contributed by atoms with van der Waals surface area (Å²) in [6, 6.07) is 18.2. The van der Waals surface area contributed by atoms with E-state index in [4.69, 9.17) is 16.3 Å². The number of ether oxygens (including phenoxy) is 1. The van der Waals surface area contributed by atoms with Crippen molar-refractivity contribution in [3.63, 3.8) is 0 Å². The number of hydrogen-bond donors (Lipinski definition) is 0. The largest absolute Gasteiger partial charge is 0.376 e. The molecule has 0 fully saturated rings. The van der Waals surface area contributed by atoms with Crippen molar-refractivity contribution < 1.29 is 4.74 Å². The molecule has 0 bridgehead atoms. The number of hydrogen-bond acceptors (Lipinski definition) is 1. The van der Waals surface area contributed by atoms with Crippen molar-refractivity contribution in [3.05, 3.63) is 70.7 Å². The van der Waals surface area contributed by atoms with Gasteiger partial charge in [-0.2, -0.15) is 0 Å². The summed E-state index contributed by atoms with van der Waals surface area (Å²) < 4.78 is 5.79. The van der Waals surface area contributed by atoms with Gasteiger partial charge >= 0.3 is 0 Å². The predicted octanol–water partition coefficient (Wildman–Crippen LogP) is 5.04. The summed E-state index contributed by atoms with van der Waals surface area (Å²) in [6.45, 7) is 1.32. The molecule has 1 atom stereocenters. The lowest BCUT2D eigenvalue weighted by Crippen LogP contribution is -2.09. The molecule has 0 aliphatic rings. The van der Waals surface area contributed by atoms with E-state index in [9.17, 15) is 0 Å². The Morgan fingerprint density at radius 1 is 1.00 bits per heavy atom. The van der Waals surface area contributed by atoms with Gasteiger partial charge in [0.2, 0.25) is 0 Å². The molecule has 0 amide bonds. The van der Waals surface area contributed by atoms with Crippen LogP contribution in [0.1, 0.15) is 17.0 Å². The lowest BCUT2D eigenvalue weighted by molar-refractivity contribution is 0.111. The smallest absolute Gasteiger partial charge is 0.0717 e. The lowest BCUT2D eigenvalue weighted by Gasteiger charge is -2.15. The summed E-state index contributed by atoms with van der Waals surface area (Å²) >= 11 is 9.40. The molecule has 0 aliphatic heterocycles. The Balaban J connectivity index is 1.85. The Morgan fingerprint density at radius 2 is 1.68 bits per heavy atom. The van der Waals surface area contributed by atoms with E-state index in [0.29, 0.717) is 19.1 Å². The Bertz CT molecular complexity index is 484. The van der Waals surface area contributed by atoms with Crippen LogP contribution in [0, 0.1) is 0 Å². The van der Waals surface area contributed by atoms with E-state index in [1.54, 1.807) is 0 Å². The third-order valence-corrected chi connectivity index (χ3v) is 3.99. The molecule has 1 nitrogen and oxygen atoms in total. The maximum Gasteiger partial charge on any atom is 0.0717 e. The fraction of sp³-hybridized carbons (Fsp3) is 0.250. The molecule has 2 aromatic rings. The molecule has 0 aromatic heterocycles. The Morgan fingerprint density at radius 3 is 2.32 bits per heavy atom. The molecule has 0 heterocycles. The van der Waals surface area contributed by atoms with Crippen LogP contribution in [0.4, 0.5) is 0 Å². The van der Waals surface area contributed by atoms with Crippen LogP contribution in [-0.4, -0.2) is 11.9 Å². The molecule has 2 rings (SSSR count). The maximum atomic E-state index is 5.85. The van der Waals surface area contributed by atoms with Gasteiger partial charge in [-0.05, 0) is 23.3 Å². The molecule has 1 unspecified atom stereocenters. The zero-order valence-electron chi connectivity index (χ0n) is 10.6. The van der Waals surface area contributed by atoms with Gasteiger partial charge in [0, 0.05) is 16.3 Å². The van der Waals surface area contributed by atoms with Crippen LogP contribution < -0.4 is 0 Å². The monoisotopic (exact) mass is 338 g/mol. The van der Waals surface area contributed by atoms with Crippen LogP contribution in [-0.2, 0) is 11.3 Å². The second-order valence-electron chi connectivity index (χ2n) is 4.40. The molecule has 0 N–H and O–H groups in total. The third-order valence-electron chi connectivity index (χ3n) is 2.96. The van der Waals surface area contributed by atoms with Crippen LogP contribution in [0.2, 0.25) is 5.02 Å². The summed E-state index contributed by atoms with van der Waals surface area (Å²) in [5, 5.41) is 1.66. The molecule has 0 spiro atoms. The molecule has 3 heteroatoms. The molecule has 0 saturated carbocycles. The molecule has 19 heavy (non-hydrogen) atoms. The SMILES string of the molecule is Clc1ccc(COCC(CBr)c2ccccc2)cc1. The van der Waals surface area contributed by atoms with E-state index in [1.165, 1.54) is 5.56 Å². The highest BCUT2D eigenvalue weighted by molar-refractivity contribution is 9.09. The Hall–Kier alpha value is -0.830. The van der Waals surface area contributed by atoms with Crippen LogP contribution in [0.3, 0.4) is 0 Å². The molecule has 0 radical (unpaired) electrons. The van der Waals surface area contributed by atoms with Crippen molar-refractivity contribution in [1.29, 1.82) is 0 Å². The normalized spacial score (nSPS) is 12.3.